The number of aromatic nitrogens is 2. The number of nitrogens with zero attached hydrogens (tertiary/aromatic N) is 2. The lowest BCUT2D eigenvalue weighted by Gasteiger charge is -2.06. The fraction of sp³-hybridized carbons (Fsp3) is 0.143. The standard InChI is InChI=1S/C14H12N2/c1-9-5-7-15-13-11(9)3-4-12-10(2)6-8-16-14(12)13/h3-8H,1-2H3/i3D,4D,5D,6D,7D,8D. The first kappa shape index (κ1) is 4.91. The average molecular weight is 214 g/mol. The normalized spacial score (nSPS) is 16.4. The summed E-state index contributed by atoms with van der Waals surface area (Å²) >= 11 is 0. The molecule has 3 aromatic rings. The summed E-state index contributed by atoms with van der Waals surface area (Å²) in [4.78, 5) is 8.09. The van der Waals surface area contributed by atoms with Gasteiger partial charge in [-0.3, -0.25) is 9.97 Å². The Labute approximate surface area is 102 Å². The minimum atomic E-state index is -0.232. The molecule has 2 heteroatoms. The molecular formula is C14H12N2. The Balaban J connectivity index is 2.74. The van der Waals surface area contributed by atoms with Crippen LogP contribution < -0.4 is 0 Å². The average Bonchev–Trinajstić information content (AvgIpc) is 2.47. The van der Waals surface area contributed by atoms with Gasteiger partial charge in [0.05, 0.1) is 19.3 Å². The summed E-state index contributed by atoms with van der Waals surface area (Å²) in [7, 11) is 0. The molecule has 0 aliphatic carbocycles. The Kier molecular flexibility index (Phi) is 1.00. The van der Waals surface area contributed by atoms with Gasteiger partial charge in [-0.25, -0.2) is 0 Å². The van der Waals surface area contributed by atoms with Crippen LogP contribution in [0.5, 0.6) is 0 Å². The van der Waals surface area contributed by atoms with Crippen molar-refractivity contribution >= 4 is 21.8 Å². The van der Waals surface area contributed by atoms with Crippen LogP contribution in [0.3, 0.4) is 0 Å². The number of rotatable bonds is 0. The highest BCUT2D eigenvalue weighted by atomic mass is 14.7. The van der Waals surface area contributed by atoms with Gasteiger partial charge in [0, 0.05) is 23.1 Å². The molecule has 0 amide bonds. The molecule has 0 saturated heterocycles. The van der Waals surface area contributed by atoms with Crippen LogP contribution >= 0.6 is 0 Å². The maximum absolute atomic E-state index is 8.19. The van der Waals surface area contributed by atoms with Gasteiger partial charge >= 0.3 is 0 Å². The Bertz CT molecular complexity index is 889. The van der Waals surface area contributed by atoms with Crippen LogP contribution in [0.4, 0.5) is 0 Å². The fourth-order valence-corrected chi connectivity index (χ4v) is 1.70. The Hall–Kier alpha value is -1.96. The van der Waals surface area contributed by atoms with Crippen molar-refractivity contribution in [3.05, 3.63) is 47.6 Å². The molecule has 0 aliphatic rings. The van der Waals surface area contributed by atoms with Crippen LogP contribution in [0.1, 0.15) is 19.4 Å². The van der Waals surface area contributed by atoms with Gasteiger partial charge in [-0.1, -0.05) is 12.1 Å². The van der Waals surface area contributed by atoms with E-state index in [0.717, 1.165) is 0 Å². The van der Waals surface area contributed by atoms with E-state index in [2.05, 4.69) is 9.97 Å². The van der Waals surface area contributed by atoms with Crippen LogP contribution in [-0.2, 0) is 0 Å². The lowest BCUT2D eigenvalue weighted by molar-refractivity contribution is 1.33. The van der Waals surface area contributed by atoms with E-state index >= 15 is 0 Å². The van der Waals surface area contributed by atoms with E-state index in [0.29, 0.717) is 21.9 Å². The third-order valence-electron chi connectivity index (χ3n) is 2.58. The molecule has 2 nitrogen and oxygen atoms in total. The summed E-state index contributed by atoms with van der Waals surface area (Å²) in [5, 5.41) is 0.616. The predicted molar refractivity (Wildman–Crippen MR) is 66.5 cm³/mol. The number of hydrogen-bond acceptors (Lipinski definition) is 2. The lowest BCUT2D eigenvalue weighted by atomic mass is 10.0. The zero-order valence-electron chi connectivity index (χ0n) is 14.9. The minimum absolute atomic E-state index is 0.0836. The van der Waals surface area contributed by atoms with Crippen molar-refractivity contribution in [3.63, 3.8) is 0 Å². The molecule has 0 aliphatic heterocycles. The van der Waals surface area contributed by atoms with Crippen molar-refractivity contribution in [1.29, 1.82) is 0 Å². The summed E-state index contributed by atoms with van der Waals surface area (Å²) in [6.45, 7) is 3.22. The molecule has 3 rings (SSSR count). The van der Waals surface area contributed by atoms with E-state index in [4.69, 9.17) is 8.22 Å². The largest absolute Gasteiger partial charge is 0.254 e. The van der Waals surface area contributed by atoms with Gasteiger partial charge < -0.3 is 0 Å². The topological polar surface area (TPSA) is 25.8 Å². The highest BCUT2D eigenvalue weighted by molar-refractivity contribution is 6.04. The van der Waals surface area contributed by atoms with Gasteiger partial charge in [-0.15, -0.1) is 0 Å². The molecule has 0 unspecified atom stereocenters. The zero-order chi connectivity index (χ0) is 16.3. The summed E-state index contributed by atoms with van der Waals surface area (Å²) in [6.07, 6.45) is -0.464. The highest BCUT2D eigenvalue weighted by Gasteiger charge is 2.05. The first-order valence-electron chi connectivity index (χ1n) is 7.89. The van der Waals surface area contributed by atoms with Gasteiger partial charge in [0.2, 0.25) is 0 Å². The van der Waals surface area contributed by atoms with E-state index in [-0.39, 0.29) is 47.5 Å². The maximum Gasteiger partial charge on any atom is 0.0967 e. The molecule has 1 aromatic carbocycles. The van der Waals surface area contributed by atoms with Crippen molar-refractivity contribution < 1.29 is 8.22 Å². The number of pyridine rings is 2. The summed E-state index contributed by atoms with van der Waals surface area (Å²) in [6, 6.07) is -0.356. The van der Waals surface area contributed by atoms with Crippen LogP contribution in [0.15, 0.2) is 36.5 Å². The van der Waals surface area contributed by atoms with Crippen molar-refractivity contribution in [2.75, 3.05) is 0 Å². The maximum atomic E-state index is 8.19. The fourth-order valence-electron chi connectivity index (χ4n) is 1.70. The molecule has 0 atom stereocenters. The molecule has 2 aromatic heterocycles. The first-order valence-corrected chi connectivity index (χ1v) is 4.89. The van der Waals surface area contributed by atoms with E-state index in [9.17, 15) is 0 Å². The van der Waals surface area contributed by atoms with Crippen molar-refractivity contribution in [3.8, 4) is 0 Å². The van der Waals surface area contributed by atoms with Crippen molar-refractivity contribution in [1.82, 2.24) is 9.97 Å². The number of aryl methyl sites for hydroxylation is 2. The molecule has 0 radical (unpaired) electrons. The highest BCUT2D eigenvalue weighted by Crippen LogP contribution is 2.25. The molecule has 0 fully saturated rings. The van der Waals surface area contributed by atoms with E-state index in [1.54, 1.807) is 13.8 Å². The number of benzene rings is 1. The molecule has 0 spiro atoms. The van der Waals surface area contributed by atoms with Gasteiger partial charge in [0.15, 0.2) is 0 Å². The Morgan fingerprint density at radius 2 is 1.25 bits per heavy atom. The van der Waals surface area contributed by atoms with Crippen molar-refractivity contribution in [2.24, 2.45) is 0 Å². The van der Waals surface area contributed by atoms with E-state index in [1.165, 1.54) is 0 Å². The Morgan fingerprint density at radius 3 is 1.69 bits per heavy atom. The van der Waals surface area contributed by atoms with Crippen LogP contribution in [-0.4, -0.2) is 9.97 Å². The number of fused-ring (bicyclic) bond motifs is 3. The van der Waals surface area contributed by atoms with Gasteiger partial charge in [-0.2, -0.15) is 0 Å². The number of hydrogen-bond donors (Lipinski definition) is 0. The molecule has 16 heavy (non-hydrogen) atoms. The molecule has 0 saturated carbocycles. The monoisotopic (exact) mass is 214 g/mol. The summed E-state index contributed by atoms with van der Waals surface area (Å²) in [5.74, 6) is 0. The second-order valence-corrected chi connectivity index (χ2v) is 3.64. The zero-order valence-corrected chi connectivity index (χ0v) is 8.89. The third-order valence-corrected chi connectivity index (χ3v) is 2.58. The van der Waals surface area contributed by atoms with Gasteiger partial charge in [-0.05, 0) is 37.1 Å². The minimum Gasteiger partial charge on any atom is -0.254 e. The first-order chi connectivity index (χ1) is 10.3. The van der Waals surface area contributed by atoms with Crippen LogP contribution in [0.2, 0.25) is 0 Å². The van der Waals surface area contributed by atoms with Crippen molar-refractivity contribution in [2.45, 2.75) is 13.8 Å². The van der Waals surface area contributed by atoms with Gasteiger partial charge in [0.25, 0.3) is 0 Å². The third kappa shape index (κ3) is 1.20. The Morgan fingerprint density at radius 1 is 0.812 bits per heavy atom. The van der Waals surface area contributed by atoms with Crippen LogP contribution in [0.25, 0.3) is 21.8 Å². The quantitative estimate of drug-likeness (QED) is 0.536. The van der Waals surface area contributed by atoms with E-state index in [1.807, 2.05) is 0 Å². The molecule has 2 heterocycles. The van der Waals surface area contributed by atoms with E-state index < -0.39 is 0 Å². The molecule has 0 N–H and O–H groups in total. The van der Waals surface area contributed by atoms with Gasteiger partial charge in [0.1, 0.15) is 0 Å². The lowest BCUT2D eigenvalue weighted by Crippen LogP contribution is -1.88. The molecule has 0 bridgehead atoms. The van der Waals surface area contributed by atoms with Crippen LogP contribution in [0, 0.1) is 13.8 Å². The second kappa shape index (κ2) is 3.27. The molecular weight excluding hydrogens is 196 g/mol. The predicted octanol–water partition coefficient (Wildman–Crippen LogP) is 3.40. The summed E-state index contributed by atoms with van der Waals surface area (Å²) < 4.78 is 47.6. The second-order valence-electron chi connectivity index (χ2n) is 3.64. The smallest absolute Gasteiger partial charge is 0.0967 e. The summed E-state index contributed by atoms with van der Waals surface area (Å²) in [5.41, 5.74) is 1.28. The SMILES string of the molecule is [2H]c1nc2c(c([2H])c([2H])c3c(C)c([2H])c([2H])nc32)c(C)c1[2H]. The molecule has 78 valence electrons.